The lowest BCUT2D eigenvalue weighted by molar-refractivity contribution is -0.133. The van der Waals surface area contributed by atoms with Crippen LogP contribution in [0.4, 0.5) is 0 Å². The first-order valence-corrected chi connectivity index (χ1v) is 9.03. The van der Waals surface area contributed by atoms with E-state index in [-0.39, 0.29) is 18.5 Å². The molecule has 1 aromatic rings. The number of ether oxygens (including phenoxy) is 1. The second-order valence-corrected chi connectivity index (χ2v) is 6.98. The van der Waals surface area contributed by atoms with E-state index in [9.17, 15) is 24.9 Å². The van der Waals surface area contributed by atoms with Gasteiger partial charge in [0.1, 0.15) is 30.6 Å². The molecule has 28 heavy (non-hydrogen) atoms. The molecule has 1 aromatic carbocycles. The highest BCUT2D eigenvalue weighted by Gasteiger charge is 2.52. The van der Waals surface area contributed by atoms with Gasteiger partial charge in [-0.15, -0.1) is 0 Å². The summed E-state index contributed by atoms with van der Waals surface area (Å²) in [4.78, 5) is 26.5. The van der Waals surface area contributed by atoms with E-state index in [0.29, 0.717) is 5.56 Å². The van der Waals surface area contributed by atoms with Gasteiger partial charge in [-0.3, -0.25) is 20.2 Å². The molecule has 3 heterocycles. The van der Waals surface area contributed by atoms with Gasteiger partial charge in [0.2, 0.25) is 5.91 Å². The van der Waals surface area contributed by atoms with E-state index >= 15 is 0 Å². The van der Waals surface area contributed by atoms with Gasteiger partial charge in [0, 0.05) is 5.56 Å². The molecule has 11 nitrogen and oxygen atoms in total. The summed E-state index contributed by atoms with van der Waals surface area (Å²) in [6.07, 6.45) is -5.74. The molecule has 0 spiro atoms. The molecule has 152 valence electrons. The van der Waals surface area contributed by atoms with Crippen LogP contribution in [-0.4, -0.2) is 88.3 Å². The normalized spacial score (nSPS) is 38.1. The Kier molecular flexibility index (Phi) is 5.29. The molecular weight excluding hydrogens is 370 g/mol. The summed E-state index contributed by atoms with van der Waals surface area (Å²) in [6.45, 7) is -0.227. The lowest BCUT2D eigenvalue weighted by atomic mass is 10.1. The highest BCUT2D eigenvalue weighted by Crippen LogP contribution is 2.28. The van der Waals surface area contributed by atoms with Crippen LogP contribution < -0.4 is 21.3 Å². The number of amides is 2. The summed E-state index contributed by atoms with van der Waals surface area (Å²) >= 11 is 0. The number of rotatable bonds is 4. The molecule has 4 rings (SSSR count). The van der Waals surface area contributed by atoms with E-state index in [2.05, 4.69) is 21.3 Å². The lowest BCUT2D eigenvalue weighted by Crippen LogP contribution is -2.72. The number of nitrogens with zero attached hydrogens (tertiary/aromatic N) is 1. The maximum Gasteiger partial charge on any atom is 0.253 e. The highest BCUT2D eigenvalue weighted by molar-refractivity contribution is 5.94. The minimum absolute atomic E-state index is 0.210. The van der Waals surface area contributed by atoms with Gasteiger partial charge < -0.3 is 30.7 Å². The number of benzene rings is 1. The summed E-state index contributed by atoms with van der Waals surface area (Å²) < 4.78 is 5.57. The van der Waals surface area contributed by atoms with Crippen molar-refractivity contribution in [1.29, 1.82) is 0 Å². The molecule has 3 aliphatic rings. The largest absolute Gasteiger partial charge is 0.394 e. The maximum atomic E-state index is 12.4. The number of nitrogens with one attached hydrogen (secondary N) is 4. The lowest BCUT2D eigenvalue weighted by Gasteiger charge is -2.39. The number of aliphatic hydroxyl groups excluding tert-OH is 3. The zero-order valence-corrected chi connectivity index (χ0v) is 14.9. The zero-order valence-electron chi connectivity index (χ0n) is 14.9. The summed E-state index contributed by atoms with van der Waals surface area (Å²) in [5.41, 5.74) is 0.450. The highest BCUT2D eigenvalue weighted by atomic mass is 16.6. The van der Waals surface area contributed by atoms with Crippen LogP contribution in [0.3, 0.4) is 0 Å². The Bertz CT molecular complexity index is 736. The summed E-state index contributed by atoms with van der Waals surface area (Å²) in [6, 6.07) is 7.96. The predicted octanol–water partition coefficient (Wildman–Crippen LogP) is -3.58. The van der Waals surface area contributed by atoms with E-state index in [1.807, 2.05) is 0 Å². The average molecular weight is 393 g/mol. The van der Waals surface area contributed by atoms with Crippen LogP contribution in [0.1, 0.15) is 10.4 Å². The molecule has 3 saturated heterocycles. The van der Waals surface area contributed by atoms with E-state index in [4.69, 9.17) is 4.74 Å². The van der Waals surface area contributed by atoms with Gasteiger partial charge in [-0.2, -0.15) is 0 Å². The molecule has 0 radical (unpaired) electrons. The molecule has 0 saturated carbocycles. The van der Waals surface area contributed by atoms with Gasteiger partial charge in [0.05, 0.1) is 19.4 Å². The van der Waals surface area contributed by atoms with Crippen molar-refractivity contribution in [1.82, 2.24) is 26.2 Å². The Labute approximate surface area is 160 Å². The summed E-state index contributed by atoms with van der Waals surface area (Å²) in [5.74, 6) is -0.682. The topological polar surface area (TPSA) is 155 Å². The van der Waals surface area contributed by atoms with Crippen LogP contribution in [0.15, 0.2) is 30.3 Å². The molecule has 2 amide bonds. The van der Waals surface area contributed by atoms with Crippen LogP contribution in [0, 0.1) is 0 Å². The Morgan fingerprint density at radius 3 is 2.68 bits per heavy atom. The number of carbonyl (C=O) groups excluding carboxylic acids is 2. The maximum absolute atomic E-state index is 12.4. The van der Waals surface area contributed by atoms with Crippen molar-refractivity contribution in [3.63, 3.8) is 0 Å². The molecular formula is C17H23N5O6. The van der Waals surface area contributed by atoms with Crippen molar-refractivity contribution >= 4 is 11.8 Å². The Morgan fingerprint density at radius 2 is 2.00 bits per heavy atom. The second kappa shape index (κ2) is 7.72. The van der Waals surface area contributed by atoms with Gasteiger partial charge in [-0.05, 0) is 12.1 Å². The number of hydrogen-bond donors (Lipinski definition) is 7. The summed E-state index contributed by atoms with van der Waals surface area (Å²) in [5, 5.41) is 41.1. The minimum Gasteiger partial charge on any atom is -0.394 e. The van der Waals surface area contributed by atoms with Crippen molar-refractivity contribution in [3.8, 4) is 0 Å². The smallest absolute Gasteiger partial charge is 0.253 e. The molecule has 3 fully saturated rings. The zero-order chi connectivity index (χ0) is 19.8. The molecule has 3 aliphatic heterocycles. The Hall–Kier alpha value is -2.12. The monoisotopic (exact) mass is 393 g/mol. The first kappa shape index (κ1) is 19.2. The third-order valence-electron chi connectivity index (χ3n) is 5.23. The van der Waals surface area contributed by atoms with E-state index < -0.39 is 49.6 Å². The van der Waals surface area contributed by atoms with Crippen LogP contribution in [0.5, 0.6) is 0 Å². The first-order valence-electron chi connectivity index (χ1n) is 9.03. The number of carbonyl (C=O) groups is 2. The van der Waals surface area contributed by atoms with Crippen molar-refractivity contribution in [2.45, 2.75) is 43.0 Å². The Morgan fingerprint density at radius 1 is 1.25 bits per heavy atom. The second-order valence-electron chi connectivity index (χ2n) is 6.98. The number of hydrogen-bond acceptors (Lipinski definition) is 9. The SMILES string of the molecule is O=C(NC1NC(=O)C2NCN(C3OC(CO)C(O)C3O)C2N1)c1ccccc1. The standard InChI is InChI=1S/C17H23N5O6/c23-6-9-11(24)12(25)16(28-9)22-7-18-10-13(22)19-17(21-15(10)27)20-14(26)8-4-2-1-3-5-8/h1-5,9-13,16-19,23-25H,6-7H2,(H,20,26)(H,21,27). The number of fused-ring (bicyclic) bond motifs is 1. The molecule has 7 atom stereocenters. The first-order chi connectivity index (χ1) is 13.5. The van der Waals surface area contributed by atoms with Crippen LogP contribution in [0.25, 0.3) is 0 Å². The molecule has 11 heteroatoms. The van der Waals surface area contributed by atoms with Gasteiger partial charge in [0.15, 0.2) is 6.29 Å². The third-order valence-corrected chi connectivity index (χ3v) is 5.23. The van der Waals surface area contributed by atoms with Gasteiger partial charge in [0.25, 0.3) is 5.91 Å². The van der Waals surface area contributed by atoms with Crippen LogP contribution >= 0.6 is 0 Å². The molecule has 0 aliphatic carbocycles. The molecule has 7 unspecified atom stereocenters. The van der Waals surface area contributed by atoms with Crippen molar-refractivity contribution < 1.29 is 29.6 Å². The molecule has 0 aromatic heterocycles. The fourth-order valence-electron chi connectivity index (χ4n) is 3.76. The Balaban J connectivity index is 1.46. The van der Waals surface area contributed by atoms with E-state index in [0.717, 1.165) is 0 Å². The number of aliphatic hydroxyl groups is 3. The average Bonchev–Trinajstić information content (AvgIpc) is 3.24. The van der Waals surface area contributed by atoms with Crippen molar-refractivity contribution in [2.75, 3.05) is 13.3 Å². The van der Waals surface area contributed by atoms with Crippen LogP contribution in [0.2, 0.25) is 0 Å². The fourth-order valence-corrected chi connectivity index (χ4v) is 3.76. The van der Waals surface area contributed by atoms with E-state index in [1.165, 1.54) is 0 Å². The van der Waals surface area contributed by atoms with E-state index in [1.54, 1.807) is 35.2 Å². The van der Waals surface area contributed by atoms with Crippen molar-refractivity contribution in [2.24, 2.45) is 0 Å². The predicted molar refractivity (Wildman–Crippen MR) is 94.2 cm³/mol. The summed E-state index contributed by atoms with van der Waals surface area (Å²) in [7, 11) is 0. The minimum atomic E-state index is -1.25. The van der Waals surface area contributed by atoms with Gasteiger partial charge in [-0.25, -0.2) is 4.90 Å². The van der Waals surface area contributed by atoms with Crippen molar-refractivity contribution in [3.05, 3.63) is 35.9 Å². The molecule has 0 bridgehead atoms. The van der Waals surface area contributed by atoms with Gasteiger partial charge >= 0.3 is 0 Å². The van der Waals surface area contributed by atoms with Gasteiger partial charge in [-0.1, -0.05) is 18.2 Å². The fraction of sp³-hybridized carbons (Fsp3) is 0.529. The van der Waals surface area contributed by atoms with Crippen LogP contribution in [-0.2, 0) is 9.53 Å². The molecule has 7 N–H and O–H groups in total. The quantitative estimate of drug-likeness (QED) is 0.275. The third kappa shape index (κ3) is 3.37.